The first-order valence-electron chi connectivity index (χ1n) is 9.10. The molecule has 0 bridgehead atoms. The number of para-hydroxylation sites is 2. The van der Waals surface area contributed by atoms with Crippen LogP contribution in [0.3, 0.4) is 0 Å². The minimum Gasteiger partial charge on any atom is -0.397 e. The first-order chi connectivity index (χ1) is 13.3. The second kappa shape index (κ2) is 10.4. The number of carbonyl (C=O) groups excluding carboxylic acids is 1. The maximum absolute atomic E-state index is 12.3. The number of hydrogen-bond acceptors (Lipinski definition) is 5. The lowest BCUT2D eigenvalue weighted by atomic mass is 10.1. The third-order valence-corrected chi connectivity index (χ3v) is 6.82. The number of nitrogen functional groups attached to an aromatic ring is 1. The van der Waals surface area contributed by atoms with Crippen molar-refractivity contribution in [3.63, 3.8) is 0 Å². The number of amides is 1. The van der Waals surface area contributed by atoms with Crippen LogP contribution in [0.5, 0.6) is 0 Å². The number of sulfone groups is 1. The molecular formula is C20H26N2O4S2. The second-order valence-electron chi connectivity index (χ2n) is 6.59. The quantitative estimate of drug-likeness (QED) is 0.451. The fourth-order valence-corrected chi connectivity index (χ4v) is 4.42. The van der Waals surface area contributed by atoms with Crippen LogP contribution in [0, 0.1) is 0 Å². The van der Waals surface area contributed by atoms with Crippen LogP contribution in [-0.4, -0.2) is 30.5 Å². The molecule has 0 saturated carbocycles. The average molecular weight is 423 g/mol. The first kappa shape index (κ1) is 22.1. The number of benzene rings is 2. The smallest absolute Gasteiger partial charge is 0.224 e. The van der Waals surface area contributed by atoms with Gasteiger partial charge >= 0.3 is 0 Å². The zero-order valence-electron chi connectivity index (χ0n) is 15.9. The minimum absolute atomic E-state index is 0.0626. The molecule has 2 aromatic carbocycles. The van der Waals surface area contributed by atoms with Gasteiger partial charge in [0.2, 0.25) is 5.91 Å². The van der Waals surface area contributed by atoms with Gasteiger partial charge < -0.3 is 11.1 Å². The lowest BCUT2D eigenvalue weighted by Crippen LogP contribution is -2.12. The van der Waals surface area contributed by atoms with E-state index in [-0.39, 0.29) is 10.8 Å². The lowest BCUT2D eigenvalue weighted by Gasteiger charge is -2.07. The fourth-order valence-electron chi connectivity index (χ4n) is 2.65. The van der Waals surface area contributed by atoms with Crippen molar-refractivity contribution in [3.8, 4) is 0 Å². The van der Waals surface area contributed by atoms with Crippen molar-refractivity contribution in [1.29, 1.82) is 0 Å². The summed E-state index contributed by atoms with van der Waals surface area (Å²) in [6.45, 7) is 0. The summed E-state index contributed by atoms with van der Waals surface area (Å²) in [6.07, 6.45) is 4.87. The normalized spacial score (nSPS) is 12.5. The number of anilines is 2. The zero-order valence-corrected chi connectivity index (χ0v) is 17.5. The largest absolute Gasteiger partial charge is 0.397 e. The summed E-state index contributed by atoms with van der Waals surface area (Å²) >= 11 is 0. The molecule has 3 N–H and O–H groups in total. The SMILES string of the molecule is CS(=O)(=O)c1ccc(S(=O)CCCCCCC(=O)Nc2ccccc2N)cc1. The van der Waals surface area contributed by atoms with Crippen LogP contribution in [0.1, 0.15) is 32.1 Å². The Labute approximate surface area is 168 Å². The molecule has 0 aliphatic carbocycles. The standard InChI is InChI=1S/C20H26N2O4S2/c1-28(25,26)17-13-11-16(12-14-17)27(24)15-7-3-2-4-10-20(23)22-19-9-6-5-8-18(19)21/h5-6,8-9,11-14H,2-4,7,10,15,21H2,1H3,(H,22,23). The van der Waals surface area contributed by atoms with Crippen LogP contribution in [-0.2, 0) is 25.4 Å². The van der Waals surface area contributed by atoms with Crippen LogP contribution in [0.4, 0.5) is 11.4 Å². The molecule has 28 heavy (non-hydrogen) atoms. The van der Waals surface area contributed by atoms with Gasteiger partial charge in [-0.2, -0.15) is 0 Å². The van der Waals surface area contributed by atoms with Gasteiger partial charge in [0.15, 0.2) is 9.84 Å². The van der Waals surface area contributed by atoms with Gasteiger partial charge in [-0.3, -0.25) is 9.00 Å². The summed E-state index contributed by atoms with van der Waals surface area (Å²) < 4.78 is 35.2. The van der Waals surface area contributed by atoms with E-state index in [0.717, 1.165) is 31.9 Å². The fraction of sp³-hybridized carbons (Fsp3) is 0.350. The predicted molar refractivity (Wildman–Crippen MR) is 113 cm³/mol. The van der Waals surface area contributed by atoms with E-state index in [1.54, 1.807) is 24.3 Å². The average Bonchev–Trinajstić information content (AvgIpc) is 2.65. The van der Waals surface area contributed by atoms with Gasteiger partial charge in [0.05, 0.1) is 27.1 Å². The van der Waals surface area contributed by atoms with Gasteiger partial charge in [0.25, 0.3) is 0 Å². The maximum atomic E-state index is 12.3. The summed E-state index contributed by atoms with van der Waals surface area (Å²) in [5.74, 6) is 0.456. The molecule has 1 unspecified atom stereocenters. The maximum Gasteiger partial charge on any atom is 0.224 e. The minimum atomic E-state index is -3.24. The van der Waals surface area contributed by atoms with Gasteiger partial charge in [0, 0.05) is 23.3 Å². The zero-order chi connectivity index (χ0) is 20.6. The van der Waals surface area contributed by atoms with E-state index < -0.39 is 20.6 Å². The Morgan fingerprint density at radius 3 is 2.29 bits per heavy atom. The molecule has 2 aromatic rings. The monoisotopic (exact) mass is 422 g/mol. The highest BCUT2D eigenvalue weighted by atomic mass is 32.2. The molecule has 1 atom stereocenters. The van der Waals surface area contributed by atoms with Gasteiger partial charge in [-0.15, -0.1) is 0 Å². The Hall–Kier alpha value is -2.19. The summed E-state index contributed by atoms with van der Waals surface area (Å²) in [5, 5.41) is 2.80. The number of hydrogen-bond donors (Lipinski definition) is 2. The van der Waals surface area contributed by atoms with Crippen molar-refractivity contribution in [1.82, 2.24) is 0 Å². The Morgan fingerprint density at radius 1 is 1.00 bits per heavy atom. The molecule has 1 amide bonds. The van der Waals surface area contributed by atoms with Crippen molar-refractivity contribution in [2.75, 3.05) is 23.1 Å². The Bertz CT molecular complexity index is 925. The highest BCUT2D eigenvalue weighted by molar-refractivity contribution is 7.90. The van der Waals surface area contributed by atoms with Crippen LogP contribution >= 0.6 is 0 Å². The van der Waals surface area contributed by atoms with E-state index in [9.17, 15) is 17.4 Å². The molecule has 152 valence electrons. The van der Waals surface area contributed by atoms with Crippen LogP contribution in [0.2, 0.25) is 0 Å². The van der Waals surface area contributed by atoms with E-state index in [0.29, 0.717) is 28.4 Å². The first-order valence-corrected chi connectivity index (χ1v) is 12.3. The summed E-state index contributed by atoms with van der Waals surface area (Å²) in [7, 11) is -4.39. The van der Waals surface area contributed by atoms with Crippen molar-refractivity contribution < 1.29 is 17.4 Å². The van der Waals surface area contributed by atoms with E-state index in [4.69, 9.17) is 5.73 Å². The van der Waals surface area contributed by atoms with E-state index in [1.807, 2.05) is 12.1 Å². The number of nitrogens with one attached hydrogen (secondary N) is 1. The van der Waals surface area contributed by atoms with Crippen LogP contribution in [0.25, 0.3) is 0 Å². The van der Waals surface area contributed by atoms with E-state index >= 15 is 0 Å². The van der Waals surface area contributed by atoms with E-state index in [2.05, 4.69) is 5.32 Å². The molecular weight excluding hydrogens is 396 g/mol. The Kier molecular flexibility index (Phi) is 8.19. The molecule has 8 heteroatoms. The second-order valence-corrected chi connectivity index (χ2v) is 10.2. The molecule has 0 saturated heterocycles. The molecule has 6 nitrogen and oxygen atoms in total. The summed E-state index contributed by atoms with van der Waals surface area (Å²) in [4.78, 5) is 12.8. The number of nitrogens with two attached hydrogens (primary N) is 1. The van der Waals surface area contributed by atoms with Crippen LogP contribution in [0.15, 0.2) is 58.3 Å². The highest BCUT2D eigenvalue weighted by Gasteiger charge is 2.09. The van der Waals surface area contributed by atoms with Crippen molar-refractivity contribution in [2.45, 2.75) is 41.9 Å². The third kappa shape index (κ3) is 7.09. The number of carbonyl (C=O) groups is 1. The predicted octanol–water partition coefficient (Wildman–Crippen LogP) is 3.37. The molecule has 0 spiro atoms. The molecule has 2 rings (SSSR count). The lowest BCUT2D eigenvalue weighted by molar-refractivity contribution is -0.116. The third-order valence-electron chi connectivity index (χ3n) is 4.23. The van der Waals surface area contributed by atoms with Gasteiger partial charge in [-0.1, -0.05) is 25.0 Å². The van der Waals surface area contributed by atoms with Gasteiger partial charge in [-0.25, -0.2) is 8.42 Å². The molecule has 0 heterocycles. The molecule has 0 aliphatic heterocycles. The van der Waals surface area contributed by atoms with Crippen molar-refractivity contribution >= 4 is 37.9 Å². The van der Waals surface area contributed by atoms with Gasteiger partial charge in [-0.05, 0) is 49.2 Å². The Morgan fingerprint density at radius 2 is 1.64 bits per heavy atom. The van der Waals surface area contributed by atoms with E-state index in [1.165, 1.54) is 12.1 Å². The topological polar surface area (TPSA) is 106 Å². The summed E-state index contributed by atoms with van der Waals surface area (Å²) in [6, 6.07) is 13.3. The molecule has 0 aromatic heterocycles. The Balaban J connectivity index is 1.64. The molecule has 0 aliphatic rings. The van der Waals surface area contributed by atoms with Gasteiger partial charge in [0.1, 0.15) is 0 Å². The van der Waals surface area contributed by atoms with Crippen molar-refractivity contribution in [2.24, 2.45) is 0 Å². The highest BCUT2D eigenvalue weighted by Crippen LogP contribution is 2.18. The summed E-state index contributed by atoms with van der Waals surface area (Å²) in [5.41, 5.74) is 6.97. The number of unbranched alkanes of at least 4 members (excludes halogenated alkanes) is 3. The number of rotatable bonds is 10. The molecule has 0 radical (unpaired) electrons. The van der Waals surface area contributed by atoms with Crippen molar-refractivity contribution in [3.05, 3.63) is 48.5 Å². The van der Waals surface area contributed by atoms with Crippen LogP contribution < -0.4 is 11.1 Å². The molecule has 0 fully saturated rings.